The average molecular weight is 255 g/mol. The zero-order valence-electron chi connectivity index (χ0n) is 11.3. The zero-order chi connectivity index (χ0) is 14.0. The van der Waals surface area contributed by atoms with E-state index in [-0.39, 0.29) is 11.7 Å². The maximum Gasteiger partial charge on any atom is 0.258 e. The number of benzene rings is 2. The van der Waals surface area contributed by atoms with Gasteiger partial charge in [0.1, 0.15) is 5.75 Å². The topological polar surface area (TPSA) is 40.5 Å². The molecule has 1 N–H and O–H groups in total. The predicted molar refractivity (Wildman–Crippen MR) is 76.8 cm³/mol. The number of rotatable bonds is 2. The van der Waals surface area contributed by atoms with Crippen LogP contribution in [0, 0.1) is 13.8 Å². The lowest BCUT2D eigenvalue weighted by molar-refractivity contribution is 0.0993. The zero-order valence-corrected chi connectivity index (χ0v) is 11.3. The summed E-state index contributed by atoms with van der Waals surface area (Å²) < 4.78 is 0. The van der Waals surface area contributed by atoms with E-state index in [4.69, 9.17) is 0 Å². The maximum atomic E-state index is 12.4. The highest BCUT2D eigenvalue weighted by Crippen LogP contribution is 2.20. The highest BCUT2D eigenvalue weighted by atomic mass is 16.3. The summed E-state index contributed by atoms with van der Waals surface area (Å²) in [5.74, 6) is 0.133. The Hall–Kier alpha value is -2.29. The van der Waals surface area contributed by atoms with Crippen molar-refractivity contribution in [3.63, 3.8) is 0 Å². The number of hydrogen-bond donors (Lipinski definition) is 1. The third-order valence-corrected chi connectivity index (χ3v) is 3.01. The monoisotopic (exact) mass is 255 g/mol. The Labute approximate surface area is 113 Å². The van der Waals surface area contributed by atoms with Gasteiger partial charge in [-0.25, -0.2) is 0 Å². The minimum absolute atomic E-state index is 0.0579. The van der Waals surface area contributed by atoms with Gasteiger partial charge in [0.25, 0.3) is 5.91 Å². The van der Waals surface area contributed by atoms with Crippen LogP contribution in [0.4, 0.5) is 5.69 Å². The summed E-state index contributed by atoms with van der Waals surface area (Å²) in [5.41, 5.74) is 3.57. The molecule has 2 aromatic rings. The van der Waals surface area contributed by atoms with E-state index >= 15 is 0 Å². The number of carbonyl (C=O) groups is 1. The molecular weight excluding hydrogens is 238 g/mol. The Balaban J connectivity index is 2.30. The van der Waals surface area contributed by atoms with Crippen LogP contribution < -0.4 is 4.90 Å². The van der Waals surface area contributed by atoms with Crippen molar-refractivity contribution >= 4 is 11.6 Å². The highest BCUT2D eigenvalue weighted by Gasteiger charge is 2.14. The van der Waals surface area contributed by atoms with E-state index in [1.54, 1.807) is 36.2 Å². The fraction of sp³-hybridized carbons (Fsp3) is 0.188. The van der Waals surface area contributed by atoms with Crippen LogP contribution in [-0.4, -0.2) is 18.1 Å². The summed E-state index contributed by atoms with van der Waals surface area (Å²) in [6.45, 7) is 3.95. The molecule has 0 bridgehead atoms. The van der Waals surface area contributed by atoms with E-state index in [9.17, 15) is 9.90 Å². The van der Waals surface area contributed by atoms with Gasteiger partial charge < -0.3 is 10.0 Å². The van der Waals surface area contributed by atoms with Crippen LogP contribution in [0.5, 0.6) is 5.75 Å². The maximum absolute atomic E-state index is 12.4. The lowest BCUT2D eigenvalue weighted by atomic mass is 10.1. The molecule has 2 rings (SSSR count). The lowest BCUT2D eigenvalue weighted by Crippen LogP contribution is -2.26. The van der Waals surface area contributed by atoms with E-state index in [2.05, 4.69) is 0 Å². The molecule has 0 radical (unpaired) electrons. The van der Waals surface area contributed by atoms with Gasteiger partial charge in [-0.05, 0) is 50.2 Å². The van der Waals surface area contributed by atoms with Crippen molar-refractivity contribution in [2.24, 2.45) is 0 Å². The van der Waals surface area contributed by atoms with Crippen LogP contribution in [0.2, 0.25) is 0 Å². The molecular formula is C16H17NO2. The third-order valence-electron chi connectivity index (χ3n) is 3.01. The van der Waals surface area contributed by atoms with Crippen LogP contribution in [-0.2, 0) is 0 Å². The molecule has 2 aromatic carbocycles. The molecule has 0 aliphatic heterocycles. The Kier molecular flexibility index (Phi) is 3.56. The molecule has 1 amide bonds. The average Bonchev–Trinajstić information content (AvgIpc) is 2.37. The molecule has 0 atom stereocenters. The predicted octanol–water partition coefficient (Wildman–Crippen LogP) is 3.29. The van der Waals surface area contributed by atoms with Gasteiger partial charge in [-0.1, -0.05) is 17.2 Å². The lowest BCUT2D eigenvalue weighted by Gasteiger charge is -2.18. The second kappa shape index (κ2) is 5.14. The van der Waals surface area contributed by atoms with Crippen molar-refractivity contribution in [1.82, 2.24) is 0 Å². The number of amides is 1. The molecule has 3 nitrogen and oxygen atoms in total. The quantitative estimate of drug-likeness (QED) is 0.894. The van der Waals surface area contributed by atoms with Crippen LogP contribution >= 0.6 is 0 Å². The Bertz CT molecular complexity index is 582. The van der Waals surface area contributed by atoms with E-state index in [1.807, 2.05) is 32.0 Å². The standard InChI is InChI=1S/C16H17NO2/c1-11-8-12(2)10-13(9-11)16(19)17(3)14-4-6-15(18)7-5-14/h4-10,18H,1-3H3. The number of aromatic hydroxyl groups is 1. The van der Waals surface area contributed by atoms with Gasteiger partial charge in [-0.3, -0.25) is 4.79 Å². The van der Waals surface area contributed by atoms with Gasteiger partial charge in [-0.2, -0.15) is 0 Å². The number of carbonyl (C=O) groups excluding carboxylic acids is 1. The second-order valence-electron chi connectivity index (χ2n) is 4.76. The first-order valence-electron chi connectivity index (χ1n) is 6.13. The molecule has 98 valence electrons. The first kappa shape index (κ1) is 13.1. The minimum Gasteiger partial charge on any atom is -0.508 e. The first-order chi connectivity index (χ1) is 8.97. The van der Waals surface area contributed by atoms with Crippen LogP contribution in [0.25, 0.3) is 0 Å². The molecule has 0 spiro atoms. The van der Waals surface area contributed by atoms with Crippen LogP contribution in [0.3, 0.4) is 0 Å². The van der Waals surface area contributed by atoms with Gasteiger partial charge in [0.15, 0.2) is 0 Å². The van der Waals surface area contributed by atoms with Crippen molar-refractivity contribution in [3.05, 3.63) is 59.2 Å². The molecule has 3 heteroatoms. The van der Waals surface area contributed by atoms with Crippen molar-refractivity contribution in [2.75, 3.05) is 11.9 Å². The van der Waals surface area contributed by atoms with Gasteiger partial charge in [-0.15, -0.1) is 0 Å². The second-order valence-corrected chi connectivity index (χ2v) is 4.76. The molecule has 19 heavy (non-hydrogen) atoms. The SMILES string of the molecule is Cc1cc(C)cc(C(=O)N(C)c2ccc(O)cc2)c1. The van der Waals surface area contributed by atoms with E-state index in [0.717, 1.165) is 16.8 Å². The number of phenols is 1. The summed E-state index contributed by atoms with van der Waals surface area (Å²) >= 11 is 0. The summed E-state index contributed by atoms with van der Waals surface area (Å²) in [4.78, 5) is 14.0. The molecule has 0 fully saturated rings. The molecule has 0 aliphatic rings. The van der Waals surface area contributed by atoms with Gasteiger partial charge in [0, 0.05) is 18.3 Å². The summed E-state index contributed by atoms with van der Waals surface area (Å²) in [6.07, 6.45) is 0. The van der Waals surface area contributed by atoms with Crippen molar-refractivity contribution < 1.29 is 9.90 Å². The Morgan fingerprint density at radius 3 is 2.05 bits per heavy atom. The number of hydrogen-bond acceptors (Lipinski definition) is 2. The Morgan fingerprint density at radius 2 is 1.53 bits per heavy atom. The molecule has 0 saturated carbocycles. The first-order valence-corrected chi connectivity index (χ1v) is 6.13. The number of aryl methyl sites for hydroxylation is 2. The number of nitrogens with zero attached hydrogens (tertiary/aromatic N) is 1. The summed E-state index contributed by atoms with van der Waals surface area (Å²) in [6, 6.07) is 12.4. The van der Waals surface area contributed by atoms with E-state index in [0.29, 0.717) is 5.56 Å². The third kappa shape index (κ3) is 2.94. The fourth-order valence-corrected chi connectivity index (χ4v) is 2.09. The van der Waals surface area contributed by atoms with Crippen molar-refractivity contribution in [2.45, 2.75) is 13.8 Å². The normalized spacial score (nSPS) is 10.3. The van der Waals surface area contributed by atoms with Gasteiger partial charge in [0.2, 0.25) is 0 Å². The Morgan fingerprint density at radius 1 is 1.00 bits per heavy atom. The van der Waals surface area contributed by atoms with E-state index < -0.39 is 0 Å². The van der Waals surface area contributed by atoms with Crippen LogP contribution in [0.15, 0.2) is 42.5 Å². The number of anilines is 1. The molecule has 0 aromatic heterocycles. The molecule has 0 aliphatic carbocycles. The van der Waals surface area contributed by atoms with E-state index in [1.165, 1.54) is 0 Å². The van der Waals surface area contributed by atoms with Crippen LogP contribution in [0.1, 0.15) is 21.5 Å². The smallest absolute Gasteiger partial charge is 0.258 e. The van der Waals surface area contributed by atoms with Crippen molar-refractivity contribution in [3.8, 4) is 5.75 Å². The molecule has 0 saturated heterocycles. The minimum atomic E-state index is -0.0579. The summed E-state index contributed by atoms with van der Waals surface area (Å²) in [7, 11) is 1.73. The molecule has 0 heterocycles. The highest BCUT2D eigenvalue weighted by molar-refractivity contribution is 6.05. The van der Waals surface area contributed by atoms with Gasteiger partial charge in [0.05, 0.1) is 0 Å². The van der Waals surface area contributed by atoms with Gasteiger partial charge >= 0.3 is 0 Å². The fourth-order valence-electron chi connectivity index (χ4n) is 2.09. The largest absolute Gasteiger partial charge is 0.508 e. The molecule has 0 unspecified atom stereocenters. The van der Waals surface area contributed by atoms with Crippen molar-refractivity contribution in [1.29, 1.82) is 0 Å². The summed E-state index contributed by atoms with van der Waals surface area (Å²) in [5, 5.41) is 9.26. The number of phenolic OH excluding ortho intramolecular Hbond substituents is 1.